The Hall–Kier alpha value is -0.170. The first-order valence-corrected chi connectivity index (χ1v) is 8.99. The minimum atomic E-state index is -3.23. The van der Waals surface area contributed by atoms with Gasteiger partial charge in [-0.2, -0.15) is 17.4 Å². The second kappa shape index (κ2) is 5.31. The van der Waals surface area contributed by atoms with Crippen molar-refractivity contribution in [3.63, 3.8) is 0 Å². The zero-order valence-electron chi connectivity index (χ0n) is 11.6. The smallest absolute Gasteiger partial charge is 0.279 e. The van der Waals surface area contributed by atoms with Gasteiger partial charge in [-0.15, -0.1) is 0 Å². The Morgan fingerprint density at radius 1 is 1.16 bits per heavy atom. The Bertz CT molecular complexity index is 414. The van der Waals surface area contributed by atoms with Crippen LogP contribution >= 0.6 is 0 Å². The molecule has 0 radical (unpaired) electrons. The minimum absolute atomic E-state index is 0.180. The lowest BCUT2D eigenvalue weighted by molar-refractivity contribution is 0.264. The third kappa shape index (κ3) is 3.68. The summed E-state index contributed by atoms with van der Waals surface area (Å²) in [6.07, 6.45) is 5.59. The molecule has 0 aromatic carbocycles. The molecule has 6 heteroatoms. The third-order valence-corrected chi connectivity index (χ3v) is 6.24. The molecule has 3 fully saturated rings. The molecule has 2 saturated carbocycles. The molecule has 19 heavy (non-hydrogen) atoms. The van der Waals surface area contributed by atoms with E-state index in [1.165, 1.54) is 12.8 Å². The van der Waals surface area contributed by atoms with Gasteiger partial charge in [0.2, 0.25) is 0 Å². The summed E-state index contributed by atoms with van der Waals surface area (Å²) in [5, 5.41) is 3.54. The highest BCUT2D eigenvalue weighted by molar-refractivity contribution is 7.87. The average molecular weight is 287 g/mol. The van der Waals surface area contributed by atoms with Crippen molar-refractivity contribution < 1.29 is 8.42 Å². The molecule has 1 saturated heterocycles. The molecule has 1 aliphatic heterocycles. The summed E-state index contributed by atoms with van der Waals surface area (Å²) in [6.45, 7) is 4.50. The predicted molar refractivity (Wildman–Crippen MR) is 74.9 cm³/mol. The van der Waals surface area contributed by atoms with Crippen LogP contribution in [0.5, 0.6) is 0 Å². The van der Waals surface area contributed by atoms with Crippen molar-refractivity contribution in [2.45, 2.75) is 51.1 Å². The van der Waals surface area contributed by atoms with Gasteiger partial charge in [0, 0.05) is 25.2 Å². The Balaban J connectivity index is 1.43. The van der Waals surface area contributed by atoms with Crippen molar-refractivity contribution in [3.05, 3.63) is 0 Å². The van der Waals surface area contributed by atoms with Crippen molar-refractivity contribution in [1.82, 2.24) is 14.3 Å². The van der Waals surface area contributed by atoms with E-state index in [1.54, 1.807) is 4.31 Å². The molecule has 0 aromatic heterocycles. The maximum Gasteiger partial charge on any atom is 0.279 e. The number of nitrogens with zero attached hydrogens (tertiary/aromatic N) is 1. The zero-order chi connectivity index (χ0) is 13.5. The van der Waals surface area contributed by atoms with E-state index in [9.17, 15) is 8.42 Å². The Morgan fingerprint density at radius 3 is 2.32 bits per heavy atom. The van der Waals surface area contributed by atoms with Crippen LogP contribution in [0.4, 0.5) is 0 Å². The maximum absolute atomic E-state index is 12.2. The van der Waals surface area contributed by atoms with Gasteiger partial charge in [-0.05, 0) is 50.5 Å². The zero-order valence-corrected chi connectivity index (χ0v) is 12.5. The van der Waals surface area contributed by atoms with Crippen molar-refractivity contribution >= 4 is 10.2 Å². The quantitative estimate of drug-likeness (QED) is 0.756. The summed E-state index contributed by atoms with van der Waals surface area (Å²) < 4.78 is 28.8. The highest BCUT2D eigenvalue weighted by Gasteiger charge is 2.38. The van der Waals surface area contributed by atoms with Gasteiger partial charge in [0.15, 0.2) is 0 Å². The number of hydrogen-bond acceptors (Lipinski definition) is 3. The monoisotopic (exact) mass is 287 g/mol. The van der Waals surface area contributed by atoms with Crippen LogP contribution in [0.3, 0.4) is 0 Å². The Labute approximate surface area is 116 Å². The number of piperidine rings is 1. The van der Waals surface area contributed by atoms with Gasteiger partial charge in [0.25, 0.3) is 10.2 Å². The predicted octanol–water partition coefficient (Wildman–Crippen LogP) is 0.693. The van der Waals surface area contributed by atoms with Gasteiger partial charge in [-0.25, -0.2) is 0 Å². The van der Waals surface area contributed by atoms with Gasteiger partial charge in [-0.1, -0.05) is 6.92 Å². The minimum Gasteiger partial charge on any atom is -0.314 e. The molecule has 2 N–H and O–H groups in total. The Kier molecular flexibility index (Phi) is 3.86. The van der Waals surface area contributed by atoms with E-state index in [1.807, 2.05) is 0 Å². The maximum atomic E-state index is 12.2. The number of hydrogen-bond donors (Lipinski definition) is 2. The molecule has 0 spiro atoms. The molecule has 0 aromatic rings. The molecule has 0 bridgehead atoms. The molecular weight excluding hydrogens is 262 g/mol. The topological polar surface area (TPSA) is 61.4 Å². The van der Waals surface area contributed by atoms with Gasteiger partial charge in [0.05, 0.1) is 0 Å². The fourth-order valence-electron chi connectivity index (χ4n) is 2.73. The van der Waals surface area contributed by atoms with Gasteiger partial charge < -0.3 is 5.32 Å². The molecule has 1 heterocycles. The third-order valence-electron chi connectivity index (χ3n) is 4.60. The molecule has 2 aliphatic carbocycles. The van der Waals surface area contributed by atoms with Crippen molar-refractivity contribution in [2.75, 3.05) is 19.6 Å². The van der Waals surface area contributed by atoms with E-state index in [0.717, 1.165) is 31.8 Å². The molecule has 2 unspecified atom stereocenters. The van der Waals surface area contributed by atoms with Crippen molar-refractivity contribution in [1.29, 1.82) is 0 Å². The summed E-state index contributed by atoms with van der Waals surface area (Å²) in [4.78, 5) is 0. The van der Waals surface area contributed by atoms with E-state index in [4.69, 9.17) is 0 Å². The van der Waals surface area contributed by atoms with Crippen LogP contribution in [0.1, 0.15) is 39.0 Å². The largest absolute Gasteiger partial charge is 0.314 e. The summed E-state index contributed by atoms with van der Waals surface area (Å²) in [7, 11) is -3.23. The lowest BCUT2D eigenvalue weighted by Crippen LogP contribution is -2.47. The molecular formula is C13H25N3O2S. The fraction of sp³-hybridized carbons (Fsp3) is 1.00. The van der Waals surface area contributed by atoms with Crippen LogP contribution in [0.15, 0.2) is 0 Å². The summed E-state index contributed by atoms with van der Waals surface area (Å²) >= 11 is 0. The van der Waals surface area contributed by atoms with Gasteiger partial charge in [-0.3, -0.25) is 0 Å². The summed E-state index contributed by atoms with van der Waals surface area (Å²) in [6, 6.07) is 0.930. The highest BCUT2D eigenvalue weighted by Crippen LogP contribution is 2.30. The summed E-state index contributed by atoms with van der Waals surface area (Å²) in [5.41, 5.74) is 0. The van der Waals surface area contributed by atoms with Crippen LogP contribution in [-0.4, -0.2) is 44.4 Å². The standard InChI is InChI=1S/C13H25N3O2S/c1-10-8-13(10)15-19(17,18)16-6-4-11(5-7-16)9-14-12-2-3-12/h10-15H,2-9H2,1H3. The lowest BCUT2D eigenvalue weighted by atomic mass is 9.98. The molecule has 3 rings (SSSR count). The van der Waals surface area contributed by atoms with E-state index < -0.39 is 10.2 Å². The molecule has 0 amide bonds. The van der Waals surface area contributed by atoms with Gasteiger partial charge >= 0.3 is 0 Å². The van der Waals surface area contributed by atoms with E-state index in [0.29, 0.717) is 24.9 Å². The van der Waals surface area contributed by atoms with E-state index in [2.05, 4.69) is 17.0 Å². The molecule has 3 aliphatic rings. The average Bonchev–Trinajstić information content (AvgIpc) is 3.27. The second-order valence-corrected chi connectivity index (χ2v) is 8.17. The summed E-state index contributed by atoms with van der Waals surface area (Å²) in [5.74, 6) is 1.15. The first-order valence-electron chi connectivity index (χ1n) is 7.55. The van der Waals surface area contributed by atoms with Crippen LogP contribution in [0.25, 0.3) is 0 Å². The SMILES string of the molecule is CC1CC1NS(=O)(=O)N1CCC(CNC2CC2)CC1. The highest BCUT2D eigenvalue weighted by atomic mass is 32.2. The first-order chi connectivity index (χ1) is 9.04. The number of nitrogens with one attached hydrogen (secondary N) is 2. The van der Waals surface area contributed by atoms with Gasteiger partial charge in [0.1, 0.15) is 0 Å². The molecule has 5 nitrogen and oxygen atoms in total. The normalized spacial score (nSPS) is 33.5. The van der Waals surface area contributed by atoms with Crippen LogP contribution in [-0.2, 0) is 10.2 Å². The van der Waals surface area contributed by atoms with Crippen LogP contribution < -0.4 is 10.0 Å². The van der Waals surface area contributed by atoms with Crippen molar-refractivity contribution in [3.8, 4) is 0 Å². The first kappa shape index (κ1) is 13.8. The fourth-order valence-corrected chi connectivity index (χ4v) is 4.28. The number of rotatable bonds is 6. The molecule has 110 valence electrons. The lowest BCUT2D eigenvalue weighted by Gasteiger charge is -2.31. The van der Waals surface area contributed by atoms with E-state index in [-0.39, 0.29) is 6.04 Å². The molecule has 2 atom stereocenters. The second-order valence-electron chi connectivity index (χ2n) is 6.47. The Morgan fingerprint density at radius 2 is 1.79 bits per heavy atom. The van der Waals surface area contributed by atoms with E-state index >= 15 is 0 Å². The van der Waals surface area contributed by atoms with Crippen LogP contribution in [0.2, 0.25) is 0 Å². The van der Waals surface area contributed by atoms with Crippen LogP contribution in [0, 0.1) is 11.8 Å². The van der Waals surface area contributed by atoms with Crippen molar-refractivity contribution in [2.24, 2.45) is 11.8 Å².